The Labute approximate surface area is 107 Å². The summed E-state index contributed by atoms with van der Waals surface area (Å²) in [5.74, 6) is 0.165. The fourth-order valence-corrected chi connectivity index (χ4v) is 2.33. The molecule has 1 aliphatic rings. The molecular weight excluding hydrogens is 228 g/mol. The lowest BCUT2D eigenvalue weighted by atomic mass is 9.99. The molecule has 5 heteroatoms. The maximum Gasteiger partial charge on any atom is 0.252 e. The number of primary amides is 1. The summed E-state index contributed by atoms with van der Waals surface area (Å²) in [5, 5.41) is 3.34. The summed E-state index contributed by atoms with van der Waals surface area (Å²) < 4.78 is 0. The molecule has 1 fully saturated rings. The highest BCUT2D eigenvalue weighted by Gasteiger charge is 2.23. The first-order valence-electron chi connectivity index (χ1n) is 6.29. The Hall–Kier alpha value is -1.62. The Morgan fingerprint density at radius 2 is 2.39 bits per heavy atom. The van der Waals surface area contributed by atoms with E-state index in [1.165, 1.54) is 0 Å². The number of piperidine rings is 1. The van der Waals surface area contributed by atoms with Gasteiger partial charge in [-0.15, -0.1) is 0 Å². The molecule has 0 aromatic carbocycles. The molecule has 2 heterocycles. The van der Waals surface area contributed by atoms with E-state index in [1.54, 1.807) is 18.3 Å². The number of likely N-dealkylation sites (tertiary alicyclic amines) is 1. The zero-order valence-electron chi connectivity index (χ0n) is 10.9. The number of anilines is 1. The molecule has 0 aliphatic carbocycles. The van der Waals surface area contributed by atoms with Gasteiger partial charge < -0.3 is 16.0 Å². The molecule has 0 saturated carbocycles. The molecule has 1 aromatic heterocycles. The standard InChI is InChI=1S/C13H20N4O/c1-9-8-10(5-7-17(9)2)16-13-11(12(14)18)4-3-6-15-13/h3-4,6,9-10H,5,7-8H2,1-2H3,(H2,14,18)(H,15,16). The van der Waals surface area contributed by atoms with Crippen LogP contribution in [0.4, 0.5) is 5.82 Å². The average molecular weight is 248 g/mol. The van der Waals surface area contributed by atoms with Crippen LogP contribution < -0.4 is 11.1 Å². The van der Waals surface area contributed by atoms with E-state index in [-0.39, 0.29) is 0 Å². The number of nitrogens with one attached hydrogen (secondary N) is 1. The van der Waals surface area contributed by atoms with Crippen molar-refractivity contribution in [1.29, 1.82) is 0 Å². The van der Waals surface area contributed by atoms with Crippen molar-refractivity contribution >= 4 is 11.7 Å². The van der Waals surface area contributed by atoms with Crippen LogP contribution in [-0.2, 0) is 0 Å². The highest BCUT2D eigenvalue weighted by molar-refractivity contribution is 5.97. The van der Waals surface area contributed by atoms with Crippen molar-refractivity contribution in [2.24, 2.45) is 5.73 Å². The number of carbonyl (C=O) groups excluding carboxylic acids is 1. The monoisotopic (exact) mass is 248 g/mol. The molecule has 18 heavy (non-hydrogen) atoms. The number of hydrogen-bond acceptors (Lipinski definition) is 4. The number of rotatable bonds is 3. The van der Waals surface area contributed by atoms with Crippen LogP contribution in [0, 0.1) is 0 Å². The van der Waals surface area contributed by atoms with E-state index in [4.69, 9.17) is 5.73 Å². The maximum atomic E-state index is 11.3. The van der Waals surface area contributed by atoms with Crippen LogP contribution in [0.2, 0.25) is 0 Å². The molecule has 1 saturated heterocycles. The van der Waals surface area contributed by atoms with Crippen molar-refractivity contribution in [3.8, 4) is 0 Å². The van der Waals surface area contributed by atoms with Crippen molar-refractivity contribution in [3.05, 3.63) is 23.9 Å². The van der Waals surface area contributed by atoms with Crippen molar-refractivity contribution in [2.45, 2.75) is 31.8 Å². The Bertz CT molecular complexity index is 435. The number of carbonyl (C=O) groups is 1. The number of nitrogens with zero attached hydrogens (tertiary/aromatic N) is 2. The summed E-state index contributed by atoms with van der Waals surface area (Å²) in [6, 6.07) is 4.32. The molecule has 2 unspecified atom stereocenters. The van der Waals surface area contributed by atoms with Crippen molar-refractivity contribution in [2.75, 3.05) is 18.9 Å². The minimum absolute atomic E-state index is 0.351. The van der Waals surface area contributed by atoms with E-state index in [0.717, 1.165) is 19.4 Å². The summed E-state index contributed by atoms with van der Waals surface area (Å²) in [7, 11) is 2.14. The van der Waals surface area contributed by atoms with Crippen LogP contribution >= 0.6 is 0 Å². The molecule has 2 atom stereocenters. The molecule has 1 amide bonds. The van der Waals surface area contributed by atoms with E-state index >= 15 is 0 Å². The van der Waals surface area contributed by atoms with E-state index in [0.29, 0.717) is 23.5 Å². The smallest absolute Gasteiger partial charge is 0.252 e. The van der Waals surface area contributed by atoms with E-state index in [2.05, 4.69) is 29.2 Å². The molecule has 98 valence electrons. The normalized spacial score (nSPS) is 24.8. The lowest BCUT2D eigenvalue weighted by molar-refractivity contribution is 0.100. The second-order valence-electron chi connectivity index (χ2n) is 4.96. The zero-order valence-corrected chi connectivity index (χ0v) is 10.9. The molecule has 0 radical (unpaired) electrons. The zero-order chi connectivity index (χ0) is 13.1. The second kappa shape index (κ2) is 5.35. The maximum absolute atomic E-state index is 11.3. The van der Waals surface area contributed by atoms with Crippen molar-refractivity contribution < 1.29 is 4.79 Å². The molecule has 0 spiro atoms. The lowest BCUT2D eigenvalue weighted by Crippen LogP contribution is -2.43. The van der Waals surface area contributed by atoms with E-state index in [1.807, 2.05) is 0 Å². The molecule has 2 rings (SSSR count). The first-order valence-corrected chi connectivity index (χ1v) is 6.29. The van der Waals surface area contributed by atoms with Crippen LogP contribution in [0.5, 0.6) is 0 Å². The number of pyridine rings is 1. The minimum atomic E-state index is -0.438. The number of aromatic nitrogens is 1. The third kappa shape index (κ3) is 2.79. The van der Waals surface area contributed by atoms with Crippen molar-refractivity contribution in [1.82, 2.24) is 9.88 Å². The van der Waals surface area contributed by atoms with Gasteiger partial charge in [-0.2, -0.15) is 0 Å². The number of amides is 1. The van der Waals surface area contributed by atoms with E-state index in [9.17, 15) is 4.79 Å². The van der Waals surface area contributed by atoms with Crippen molar-refractivity contribution in [3.63, 3.8) is 0 Å². The Morgan fingerprint density at radius 3 is 3.06 bits per heavy atom. The predicted molar refractivity (Wildman–Crippen MR) is 71.5 cm³/mol. The summed E-state index contributed by atoms with van der Waals surface area (Å²) in [4.78, 5) is 17.9. The molecule has 1 aromatic rings. The molecule has 0 bridgehead atoms. The Morgan fingerprint density at radius 1 is 1.61 bits per heavy atom. The van der Waals surface area contributed by atoms with E-state index < -0.39 is 5.91 Å². The SMILES string of the molecule is CC1CC(Nc2ncccc2C(N)=O)CCN1C. The van der Waals surface area contributed by atoms with Crippen LogP contribution in [-0.4, -0.2) is 41.5 Å². The first-order chi connectivity index (χ1) is 8.58. The molecule has 1 aliphatic heterocycles. The molecular formula is C13H20N4O. The lowest BCUT2D eigenvalue weighted by Gasteiger charge is -2.35. The molecule has 5 nitrogen and oxygen atoms in total. The highest BCUT2D eigenvalue weighted by atomic mass is 16.1. The third-order valence-electron chi connectivity index (χ3n) is 3.62. The van der Waals surface area contributed by atoms with Gasteiger partial charge in [0.05, 0.1) is 5.56 Å². The highest BCUT2D eigenvalue weighted by Crippen LogP contribution is 2.20. The summed E-state index contributed by atoms with van der Waals surface area (Å²) in [6.45, 7) is 3.26. The van der Waals surface area contributed by atoms with Crippen LogP contribution in [0.3, 0.4) is 0 Å². The first kappa shape index (κ1) is 12.8. The van der Waals surface area contributed by atoms with Gasteiger partial charge in [-0.05, 0) is 38.9 Å². The minimum Gasteiger partial charge on any atom is -0.367 e. The van der Waals surface area contributed by atoms with Crippen LogP contribution in [0.15, 0.2) is 18.3 Å². The van der Waals surface area contributed by atoms with Gasteiger partial charge >= 0.3 is 0 Å². The Kier molecular flexibility index (Phi) is 3.81. The predicted octanol–water partition coefficient (Wildman–Crippen LogP) is 1.08. The second-order valence-corrected chi connectivity index (χ2v) is 4.96. The molecule has 3 N–H and O–H groups in total. The summed E-state index contributed by atoms with van der Waals surface area (Å²) in [6.07, 6.45) is 3.77. The van der Waals surface area contributed by atoms with Crippen LogP contribution in [0.25, 0.3) is 0 Å². The van der Waals surface area contributed by atoms with Gasteiger partial charge in [0.2, 0.25) is 0 Å². The fraction of sp³-hybridized carbons (Fsp3) is 0.538. The fourth-order valence-electron chi connectivity index (χ4n) is 2.33. The summed E-state index contributed by atoms with van der Waals surface area (Å²) in [5.41, 5.74) is 5.80. The number of hydrogen-bond donors (Lipinski definition) is 2. The van der Waals surface area contributed by atoms with Gasteiger partial charge in [0, 0.05) is 24.8 Å². The summed E-state index contributed by atoms with van der Waals surface area (Å²) >= 11 is 0. The van der Waals surface area contributed by atoms with Crippen LogP contribution in [0.1, 0.15) is 30.1 Å². The topological polar surface area (TPSA) is 71.2 Å². The number of nitrogens with two attached hydrogens (primary N) is 1. The largest absolute Gasteiger partial charge is 0.367 e. The third-order valence-corrected chi connectivity index (χ3v) is 3.62. The van der Waals surface area contributed by atoms with Gasteiger partial charge in [-0.25, -0.2) is 4.98 Å². The van der Waals surface area contributed by atoms with Gasteiger partial charge in [-0.3, -0.25) is 4.79 Å². The van der Waals surface area contributed by atoms with Gasteiger partial charge in [0.1, 0.15) is 5.82 Å². The Balaban J connectivity index is 2.08. The average Bonchev–Trinajstić information content (AvgIpc) is 2.34. The van der Waals surface area contributed by atoms with Gasteiger partial charge in [0.15, 0.2) is 0 Å². The quantitative estimate of drug-likeness (QED) is 0.839. The van der Waals surface area contributed by atoms with Gasteiger partial charge in [-0.1, -0.05) is 0 Å². The van der Waals surface area contributed by atoms with Gasteiger partial charge in [0.25, 0.3) is 5.91 Å².